The molecule has 0 spiro atoms. The summed E-state index contributed by atoms with van der Waals surface area (Å²) in [5.41, 5.74) is -0.0946. The molecule has 1 saturated carbocycles. The van der Waals surface area contributed by atoms with Crippen LogP contribution in [-0.4, -0.2) is 10.1 Å². The second-order valence-corrected chi connectivity index (χ2v) is 6.75. The van der Waals surface area contributed by atoms with E-state index in [4.69, 9.17) is 9.78 Å². The van der Waals surface area contributed by atoms with Crippen molar-refractivity contribution >= 4 is 11.8 Å². The number of rotatable bonds is 4. The average Bonchev–Trinajstić information content (AvgIpc) is 2.82. The fourth-order valence-electron chi connectivity index (χ4n) is 2.47. The standard InChI is InChI=1S/C15H14FN3OS/c1-15(2)11(7-17)13(15)14-18-12(19-20-14)8-21-10-5-3-9(16)4-6-10/h3-6,11,13H,8H2,1-2H3. The van der Waals surface area contributed by atoms with Crippen LogP contribution in [0.1, 0.15) is 31.5 Å². The molecule has 1 aliphatic rings. The van der Waals surface area contributed by atoms with Crippen molar-refractivity contribution in [1.82, 2.24) is 10.1 Å². The fourth-order valence-corrected chi connectivity index (χ4v) is 3.21. The van der Waals surface area contributed by atoms with Crippen molar-refractivity contribution in [2.45, 2.75) is 30.4 Å². The SMILES string of the molecule is CC1(C)C(C#N)C1c1nc(CSc2ccc(F)cc2)no1. The summed E-state index contributed by atoms with van der Waals surface area (Å²) in [6, 6.07) is 8.57. The maximum Gasteiger partial charge on any atom is 0.231 e. The fraction of sp³-hybridized carbons (Fsp3) is 0.400. The van der Waals surface area contributed by atoms with Crippen LogP contribution in [-0.2, 0) is 5.75 Å². The number of hydrogen-bond donors (Lipinski definition) is 0. The molecule has 108 valence electrons. The molecule has 2 aromatic rings. The van der Waals surface area contributed by atoms with Crippen molar-refractivity contribution in [2.24, 2.45) is 11.3 Å². The summed E-state index contributed by atoms with van der Waals surface area (Å²) in [6.07, 6.45) is 0. The highest BCUT2D eigenvalue weighted by atomic mass is 32.2. The molecule has 21 heavy (non-hydrogen) atoms. The molecule has 1 aromatic heterocycles. The van der Waals surface area contributed by atoms with E-state index in [1.807, 2.05) is 13.8 Å². The molecule has 0 amide bonds. The third-order valence-corrected chi connectivity index (χ3v) is 4.91. The predicted octanol–water partition coefficient (Wildman–Crippen LogP) is 3.76. The van der Waals surface area contributed by atoms with Gasteiger partial charge in [0.25, 0.3) is 0 Å². The van der Waals surface area contributed by atoms with E-state index >= 15 is 0 Å². The lowest BCUT2D eigenvalue weighted by Crippen LogP contribution is -1.91. The summed E-state index contributed by atoms with van der Waals surface area (Å²) in [6.45, 7) is 4.06. The van der Waals surface area contributed by atoms with Gasteiger partial charge in [-0.3, -0.25) is 0 Å². The Bertz CT molecular complexity index is 690. The molecular weight excluding hydrogens is 289 g/mol. The van der Waals surface area contributed by atoms with Crippen LogP contribution >= 0.6 is 11.8 Å². The largest absolute Gasteiger partial charge is 0.339 e. The van der Waals surface area contributed by atoms with Gasteiger partial charge in [-0.05, 0) is 29.7 Å². The van der Waals surface area contributed by atoms with Crippen LogP contribution in [0.2, 0.25) is 0 Å². The van der Waals surface area contributed by atoms with E-state index in [0.29, 0.717) is 17.5 Å². The maximum absolute atomic E-state index is 12.8. The molecule has 1 heterocycles. The first kappa shape index (κ1) is 14.1. The molecule has 1 fully saturated rings. The Morgan fingerprint density at radius 2 is 2.10 bits per heavy atom. The minimum atomic E-state index is -0.250. The lowest BCUT2D eigenvalue weighted by molar-refractivity contribution is 0.364. The molecule has 0 N–H and O–H groups in total. The monoisotopic (exact) mass is 303 g/mol. The second-order valence-electron chi connectivity index (χ2n) is 5.70. The van der Waals surface area contributed by atoms with Gasteiger partial charge in [-0.25, -0.2) is 4.39 Å². The summed E-state index contributed by atoms with van der Waals surface area (Å²) in [7, 11) is 0. The van der Waals surface area contributed by atoms with E-state index < -0.39 is 0 Å². The van der Waals surface area contributed by atoms with Crippen LogP contribution in [0, 0.1) is 28.5 Å². The number of aromatic nitrogens is 2. The lowest BCUT2D eigenvalue weighted by Gasteiger charge is -1.97. The Morgan fingerprint density at radius 3 is 2.71 bits per heavy atom. The van der Waals surface area contributed by atoms with Crippen LogP contribution in [0.25, 0.3) is 0 Å². The smallest absolute Gasteiger partial charge is 0.231 e. The molecule has 0 radical (unpaired) electrons. The Kier molecular flexibility index (Phi) is 3.46. The molecule has 2 unspecified atom stereocenters. The minimum absolute atomic E-state index is 0.0274. The molecule has 3 rings (SSSR count). The highest BCUT2D eigenvalue weighted by Crippen LogP contribution is 2.63. The highest BCUT2D eigenvalue weighted by Gasteiger charge is 2.62. The van der Waals surface area contributed by atoms with Gasteiger partial charge >= 0.3 is 0 Å². The predicted molar refractivity (Wildman–Crippen MR) is 75.9 cm³/mol. The Hall–Kier alpha value is -1.87. The number of nitrogens with zero attached hydrogens (tertiary/aromatic N) is 3. The third kappa shape index (κ3) is 2.66. The van der Waals surface area contributed by atoms with Gasteiger partial charge in [0.2, 0.25) is 5.89 Å². The van der Waals surface area contributed by atoms with Crippen LogP contribution in [0.4, 0.5) is 4.39 Å². The number of halogens is 1. The van der Waals surface area contributed by atoms with E-state index in [9.17, 15) is 4.39 Å². The molecule has 1 aliphatic carbocycles. The van der Waals surface area contributed by atoms with Gasteiger partial charge in [-0.15, -0.1) is 11.8 Å². The van der Waals surface area contributed by atoms with Gasteiger partial charge < -0.3 is 4.52 Å². The summed E-state index contributed by atoms with van der Waals surface area (Å²) in [5, 5.41) is 13.0. The van der Waals surface area contributed by atoms with Crippen molar-refractivity contribution in [1.29, 1.82) is 5.26 Å². The molecule has 0 bridgehead atoms. The molecule has 1 aromatic carbocycles. The zero-order chi connectivity index (χ0) is 15.0. The topological polar surface area (TPSA) is 62.7 Å². The van der Waals surface area contributed by atoms with Crippen molar-refractivity contribution in [3.05, 3.63) is 41.8 Å². The van der Waals surface area contributed by atoms with Gasteiger partial charge in [0, 0.05) is 4.90 Å². The van der Waals surface area contributed by atoms with Crippen LogP contribution < -0.4 is 0 Å². The van der Waals surface area contributed by atoms with E-state index in [2.05, 4.69) is 16.2 Å². The van der Waals surface area contributed by atoms with Gasteiger partial charge in [0.15, 0.2) is 5.82 Å². The molecule has 0 aliphatic heterocycles. The zero-order valence-corrected chi connectivity index (χ0v) is 12.5. The maximum atomic E-state index is 12.8. The van der Waals surface area contributed by atoms with Crippen LogP contribution in [0.3, 0.4) is 0 Å². The Labute approximate surface area is 126 Å². The van der Waals surface area contributed by atoms with Gasteiger partial charge in [0.05, 0.1) is 23.7 Å². The molecular formula is C15H14FN3OS. The lowest BCUT2D eigenvalue weighted by atomic mass is 10.1. The molecule has 2 atom stereocenters. The Morgan fingerprint density at radius 1 is 1.38 bits per heavy atom. The van der Waals surface area contributed by atoms with E-state index in [0.717, 1.165) is 4.90 Å². The van der Waals surface area contributed by atoms with Crippen LogP contribution in [0.15, 0.2) is 33.7 Å². The quantitative estimate of drug-likeness (QED) is 0.805. The Balaban J connectivity index is 1.64. The minimum Gasteiger partial charge on any atom is -0.339 e. The van der Waals surface area contributed by atoms with Crippen LogP contribution in [0.5, 0.6) is 0 Å². The summed E-state index contributed by atoms with van der Waals surface area (Å²) >= 11 is 1.52. The van der Waals surface area contributed by atoms with E-state index in [-0.39, 0.29) is 23.1 Å². The molecule has 0 saturated heterocycles. The summed E-state index contributed by atoms with van der Waals surface area (Å²) < 4.78 is 18.1. The first-order valence-electron chi connectivity index (χ1n) is 6.63. The normalized spacial score (nSPS) is 22.8. The zero-order valence-electron chi connectivity index (χ0n) is 11.7. The van der Waals surface area contributed by atoms with Crippen molar-refractivity contribution in [2.75, 3.05) is 0 Å². The first-order chi connectivity index (χ1) is 10.0. The summed E-state index contributed by atoms with van der Waals surface area (Å²) in [4.78, 5) is 5.32. The first-order valence-corrected chi connectivity index (χ1v) is 7.61. The number of benzene rings is 1. The number of thioether (sulfide) groups is 1. The molecule has 4 nitrogen and oxygen atoms in total. The summed E-state index contributed by atoms with van der Waals surface area (Å²) in [5.74, 6) is 1.41. The van der Waals surface area contributed by atoms with Crippen molar-refractivity contribution in [3.8, 4) is 6.07 Å². The number of hydrogen-bond acceptors (Lipinski definition) is 5. The van der Waals surface area contributed by atoms with Gasteiger partial charge in [0.1, 0.15) is 5.82 Å². The van der Waals surface area contributed by atoms with Crippen molar-refractivity contribution < 1.29 is 8.91 Å². The van der Waals surface area contributed by atoms with Gasteiger partial charge in [-0.2, -0.15) is 10.2 Å². The van der Waals surface area contributed by atoms with Gasteiger partial charge in [-0.1, -0.05) is 19.0 Å². The third-order valence-electron chi connectivity index (χ3n) is 3.90. The second kappa shape index (κ2) is 5.15. The van der Waals surface area contributed by atoms with E-state index in [1.54, 1.807) is 12.1 Å². The van der Waals surface area contributed by atoms with E-state index in [1.165, 1.54) is 23.9 Å². The highest BCUT2D eigenvalue weighted by molar-refractivity contribution is 7.98. The average molecular weight is 303 g/mol. The van der Waals surface area contributed by atoms with Crippen molar-refractivity contribution in [3.63, 3.8) is 0 Å². The molecule has 6 heteroatoms. The number of nitriles is 1.